The van der Waals surface area contributed by atoms with Gasteiger partial charge in [0.05, 0.1) is 18.0 Å². The maximum atomic E-state index is 13.2. The summed E-state index contributed by atoms with van der Waals surface area (Å²) in [5.41, 5.74) is -1.01. The van der Waals surface area contributed by atoms with Crippen LogP contribution in [0.1, 0.15) is 67.2 Å². The van der Waals surface area contributed by atoms with Crippen molar-refractivity contribution in [2.45, 2.75) is 108 Å². The van der Waals surface area contributed by atoms with Crippen LogP contribution in [0.5, 0.6) is 0 Å². The Morgan fingerprint density at radius 2 is 1.92 bits per heavy atom. The van der Waals surface area contributed by atoms with Gasteiger partial charge in [-0.25, -0.2) is 14.4 Å². The van der Waals surface area contributed by atoms with Crippen molar-refractivity contribution in [1.29, 1.82) is 0 Å². The SMILES string of the molecule is C=C(C)OC(=O)[C@@H](C)OC(=O)O[C@H]1[C@]23O[C@H]2C[C@H]2C4=C(CC[C@]2(C)[C@@]32O[C@H]2C[C@@]1(OCC)C(C)C)C(=O)OC4. The van der Waals surface area contributed by atoms with Crippen LogP contribution >= 0.6 is 0 Å². The second-order valence-corrected chi connectivity index (χ2v) is 12.4. The molecule has 10 nitrogen and oxygen atoms in total. The van der Waals surface area contributed by atoms with Crippen molar-refractivity contribution in [2.75, 3.05) is 13.2 Å². The van der Waals surface area contributed by atoms with Crippen LogP contribution in [0.2, 0.25) is 0 Å². The van der Waals surface area contributed by atoms with Crippen LogP contribution in [0.25, 0.3) is 0 Å². The number of fused-ring (bicyclic) bond motifs is 2. The van der Waals surface area contributed by atoms with Gasteiger partial charge in [-0.05, 0) is 57.4 Å². The summed E-state index contributed by atoms with van der Waals surface area (Å²) in [5.74, 6) is -0.732. The number of allylic oxidation sites excluding steroid dienone is 1. The largest absolute Gasteiger partial charge is 0.509 e. The van der Waals surface area contributed by atoms with Crippen molar-refractivity contribution in [3.8, 4) is 0 Å². The van der Waals surface area contributed by atoms with Crippen LogP contribution in [0.3, 0.4) is 0 Å². The lowest BCUT2D eigenvalue weighted by molar-refractivity contribution is -0.211. The van der Waals surface area contributed by atoms with E-state index in [0.717, 1.165) is 17.6 Å². The van der Waals surface area contributed by atoms with Crippen molar-refractivity contribution in [1.82, 2.24) is 0 Å². The third kappa shape index (κ3) is 3.34. The summed E-state index contributed by atoms with van der Waals surface area (Å²) >= 11 is 0. The van der Waals surface area contributed by atoms with Gasteiger partial charge in [-0.2, -0.15) is 0 Å². The molecule has 3 aliphatic heterocycles. The molecule has 0 unspecified atom stereocenters. The Morgan fingerprint density at radius 3 is 2.59 bits per heavy atom. The normalized spacial score (nSPS) is 43.6. The van der Waals surface area contributed by atoms with E-state index >= 15 is 0 Å². The van der Waals surface area contributed by atoms with Crippen molar-refractivity contribution < 1.29 is 47.5 Å². The number of hydrogen-bond acceptors (Lipinski definition) is 10. The predicted octanol–water partition coefficient (Wildman–Crippen LogP) is 3.76. The van der Waals surface area contributed by atoms with E-state index in [1.807, 2.05) is 20.8 Å². The van der Waals surface area contributed by atoms with Gasteiger partial charge < -0.3 is 33.2 Å². The summed E-state index contributed by atoms with van der Waals surface area (Å²) in [4.78, 5) is 37.9. The molecule has 0 aromatic heterocycles. The van der Waals surface area contributed by atoms with Gasteiger partial charge in [-0.15, -0.1) is 0 Å². The molecular formula is C29H38O10. The van der Waals surface area contributed by atoms with Crippen molar-refractivity contribution >= 4 is 18.1 Å². The molecule has 0 bridgehead atoms. The molecule has 2 saturated carbocycles. The Morgan fingerprint density at radius 1 is 1.18 bits per heavy atom. The number of cyclic esters (lactones) is 1. The van der Waals surface area contributed by atoms with Crippen LogP contribution in [0.4, 0.5) is 4.79 Å². The van der Waals surface area contributed by atoms with Crippen LogP contribution in [-0.2, 0) is 42.7 Å². The highest BCUT2D eigenvalue weighted by Crippen LogP contribution is 2.80. The van der Waals surface area contributed by atoms with E-state index in [2.05, 4.69) is 13.5 Å². The molecule has 4 fully saturated rings. The molecule has 39 heavy (non-hydrogen) atoms. The topological polar surface area (TPSA) is 122 Å². The van der Waals surface area contributed by atoms with Gasteiger partial charge in [-0.3, -0.25) is 0 Å². The van der Waals surface area contributed by atoms with Crippen LogP contribution in [-0.4, -0.2) is 72.5 Å². The molecule has 214 valence electrons. The maximum absolute atomic E-state index is 13.2. The minimum Gasteiger partial charge on any atom is -0.458 e. The fourth-order valence-corrected chi connectivity index (χ4v) is 8.50. The summed E-state index contributed by atoms with van der Waals surface area (Å²) < 4.78 is 41.8. The lowest BCUT2D eigenvalue weighted by atomic mass is 9.46. The first-order valence-electron chi connectivity index (χ1n) is 14.0. The van der Waals surface area contributed by atoms with Crippen molar-refractivity contribution in [3.05, 3.63) is 23.5 Å². The fraction of sp³-hybridized carbons (Fsp3) is 0.759. The highest BCUT2D eigenvalue weighted by Gasteiger charge is 2.95. The molecule has 2 saturated heterocycles. The number of ether oxygens (including phenoxy) is 7. The van der Waals surface area contributed by atoms with Crippen LogP contribution in [0, 0.1) is 17.3 Å². The van der Waals surface area contributed by atoms with Crippen LogP contribution in [0.15, 0.2) is 23.5 Å². The summed E-state index contributed by atoms with van der Waals surface area (Å²) in [5, 5.41) is 0. The molecule has 0 aromatic carbocycles. The number of hydrogen-bond donors (Lipinski definition) is 0. The van der Waals surface area contributed by atoms with Crippen molar-refractivity contribution in [2.24, 2.45) is 17.3 Å². The first-order chi connectivity index (χ1) is 18.4. The first kappa shape index (κ1) is 26.8. The van der Waals surface area contributed by atoms with E-state index in [9.17, 15) is 14.4 Å². The number of carbonyl (C=O) groups excluding carboxylic acids is 3. The molecule has 9 atom stereocenters. The van der Waals surface area contributed by atoms with Gasteiger partial charge in [0.2, 0.25) is 0 Å². The molecule has 0 amide bonds. The van der Waals surface area contributed by atoms with Gasteiger partial charge in [0, 0.05) is 24.0 Å². The second-order valence-electron chi connectivity index (χ2n) is 12.4. The Balaban J connectivity index is 1.36. The summed E-state index contributed by atoms with van der Waals surface area (Å²) in [6.07, 6.45) is -0.880. The first-order valence-corrected chi connectivity index (χ1v) is 14.0. The van der Waals surface area contributed by atoms with Crippen molar-refractivity contribution in [3.63, 3.8) is 0 Å². The number of rotatable bonds is 7. The third-order valence-corrected chi connectivity index (χ3v) is 10.3. The third-order valence-electron chi connectivity index (χ3n) is 10.3. The lowest BCUT2D eigenvalue weighted by Gasteiger charge is -2.57. The smallest absolute Gasteiger partial charge is 0.458 e. The van der Waals surface area contributed by atoms with E-state index in [0.29, 0.717) is 32.5 Å². The molecular weight excluding hydrogens is 508 g/mol. The molecule has 6 aliphatic rings. The van der Waals surface area contributed by atoms with Gasteiger partial charge in [0.15, 0.2) is 17.8 Å². The van der Waals surface area contributed by atoms with E-state index in [1.165, 1.54) is 13.8 Å². The minimum absolute atomic E-state index is 0.0467. The average Bonchev–Trinajstić information content (AvgIpc) is 3.73. The Hall–Kier alpha value is -2.43. The standard InChI is InChI=1S/C29H38O10/c1-8-34-27(14(2)3)12-21-29(39-21)26(7)10-9-17-18(13-33-23(17)31)19(26)11-20-28(29,38-20)24(27)37-25(32)36-16(6)22(30)35-15(4)5/h14,16,19-21,24H,4,8-13H2,1-3,5-7H3/t16-,19+,20+,21+,24-,26+,27-,28-,29-/m1/s1. The Kier molecular flexibility index (Phi) is 5.86. The maximum Gasteiger partial charge on any atom is 0.509 e. The molecule has 0 aromatic rings. The highest BCUT2D eigenvalue weighted by atomic mass is 16.8. The molecule has 3 heterocycles. The number of esters is 2. The fourth-order valence-electron chi connectivity index (χ4n) is 8.50. The molecule has 6 rings (SSSR count). The average molecular weight is 547 g/mol. The van der Waals surface area contributed by atoms with E-state index in [1.54, 1.807) is 0 Å². The predicted molar refractivity (Wildman–Crippen MR) is 134 cm³/mol. The van der Waals surface area contributed by atoms with E-state index in [4.69, 9.17) is 33.2 Å². The van der Waals surface area contributed by atoms with Crippen LogP contribution < -0.4 is 0 Å². The summed E-state index contributed by atoms with van der Waals surface area (Å²) in [7, 11) is 0. The summed E-state index contributed by atoms with van der Waals surface area (Å²) in [6.45, 7) is 15.5. The van der Waals surface area contributed by atoms with Gasteiger partial charge in [-0.1, -0.05) is 27.4 Å². The quantitative estimate of drug-likeness (QED) is 0.202. The molecule has 10 heteroatoms. The highest BCUT2D eigenvalue weighted by molar-refractivity contribution is 5.92. The van der Waals surface area contributed by atoms with E-state index in [-0.39, 0.29) is 41.2 Å². The lowest BCUT2D eigenvalue weighted by Crippen LogP contribution is -2.73. The Bertz CT molecular complexity index is 1170. The monoisotopic (exact) mass is 546 g/mol. The molecule has 2 spiro atoms. The second kappa shape index (κ2) is 8.54. The zero-order valence-electron chi connectivity index (χ0n) is 23.5. The van der Waals surface area contributed by atoms with Gasteiger partial charge >= 0.3 is 18.1 Å². The van der Waals surface area contributed by atoms with Gasteiger partial charge in [0.1, 0.15) is 17.8 Å². The van der Waals surface area contributed by atoms with Gasteiger partial charge in [0.25, 0.3) is 0 Å². The molecule has 0 radical (unpaired) electrons. The molecule has 0 N–H and O–H groups in total. The minimum atomic E-state index is -1.19. The zero-order valence-corrected chi connectivity index (χ0v) is 23.5. The number of epoxide rings is 2. The summed E-state index contributed by atoms with van der Waals surface area (Å²) in [6, 6.07) is 0. The Labute approximate surface area is 228 Å². The number of carbonyl (C=O) groups is 3. The zero-order chi connectivity index (χ0) is 28.1. The molecule has 3 aliphatic carbocycles. The van der Waals surface area contributed by atoms with E-state index < -0.39 is 41.1 Å².